The van der Waals surface area contributed by atoms with E-state index >= 15 is 0 Å². The Hall–Kier alpha value is -1.27. The van der Waals surface area contributed by atoms with Crippen molar-refractivity contribution in [3.8, 4) is 5.75 Å². The molecule has 1 heterocycles. The van der Waals surface area contributed by atoms with Crippen molar-refractivity contribution in [3.63, 3.8) is 0 Å². The van der Waals surface area contributed by atoms with Gasteiger partial charge in [-0.2, -0.15) is 4.39 Å². The molecule has 0 atom stereocenters. The minimum absolute atomic E-state index is 0.255. The van der Waals surface area contributed by atoms with E-state index in [-0.39, 0.29) is 18.1 Å². The first-order valence-corrected chi connectivity index (χ1v) is 7.51. The molecule has 0 radical (unpaired) electrons. The molecular formula is C14H11BrF2O2S. The molecule has 1 aromatic heterocycles. The molecule has 0 N–H and O–H groups in total. The second-order valence-electron chi connectivity index (χ2n) is 4.03. The summed E-state index contributed by atoms with van der Waals surface area (Å²) in [6.07, 6.45) is 0.851. The highest BCUT2D eigenvalue weighted by atomic mass is 79.9. The van der Waals surface area contributed by atoms with Crippen LogP contribution >= 0.6 is 27.3 Å². The second-order valence-corrected chi connectivity index (χ2v) is 6.12. The van der Waals surface area contributed by atoms with E-state index in [1.54, 1.807) is 6.07 Å². The van der Waals surface area contributed by atoms with Gasteiger partial charge in [0.25, 0.3) is 0 Å². The third-order valence-electron chi connectivity index (χ3n) is 2.60. The van der Waals surface area contributed by atoms with Crippen LogP contribution in [0, 0.1) is 11.6 Å². The molecule has 0 unspecified atom stereocenters. The van der Waals surface area contributed by atoms with Crippen LogP contribution in [-0.2, 0) is 6.42 Å². The summed E-state index contributed by atoms with van der Waals surface area (Å²) in [7, 11) is 0. The molecule has 0 saturated heterocycles. The molecule has 2 aromatic rings. The number of benzene rings is 1. The average Bonchev–Trinajstić information content (AvgIpc) is 2.89. The monoisotopic (exact) mass is 360 g/mol. The quantitative estimate of drug-likeness (QED) is 0.574. The van der Waals surface area contributed by atoms with Crippen molar-refractivity contribution in [2.24, 2.45) is 0 Å². The fraction of sp³-hybridized carbons (Fsp3) is 0.214. The lowest BCUT2D eigenvalue weighted by atomic mass is 10.3. The van der Waals surface area contributed by atoms with E-state index in [0.29, 0.717) is 9.35 Å². The summed E-state index contributed by atoms with van der Waals surface area (Å²) < 4.78 is 32.1. The van der Waals surface area contributed by atoms with Gasteiger partial charge in [-0.3, -0.25) is 4.79 Å². The van der Waals surface area contributed by atoms with Gasteiger partial charge in [-0.25, -0.2) is 4.39 Å². The number of Topliss-reactive ketones (excluding diaryl/α,β-unsaturated/α-hetero) is 1. The molecule has 0 aliphatic heterocycles. The van der Waals surface area contributed by atoms with Gasteiger partial charge in [0.05, 0.1) is 4.88 Å². The van der Waals surface area contributed by atoms with Crippen molar-refractivity contribution < 1.29 is 18.3 Å². The zero-order valence-electron chi connectivity index (χ0n) is 10.6. The van der Waals surface area contributed by atoms with Gasteiger partial charge in [-0.05, 0) is 30.7 Å². The number of rotatable bonds is 5. The van der Waals surface area contributed by atoms with Crippen LogP contribution in [0.15, 0.2) is 28.7 Å². The van der Waals surface area contributed by atoms with Crippen molar-refractivity contribution in [2.45, 2.75) is 13.3 Å². The number of hydrogen-bond donors (Lipinski definition) is 0. The Labute approximate surface area is 127 Å². The number of aryl methyl sites for hydroxylation is 1. The van der Waals surface area contributed by atoms with E-state index in [4.69, 9.17) is 4.74 Å². The van der Waals surface area contributed by atoms with E-state index in [0.717, 1.165) is 17.4 Å². The number of hydrogen-bond acceptors (Lipinski definition) is 3. The minimum atomic E-state index is -1.10. The molecule has 0 bridgehead atoms. The van der Waals surface area contributed by atoms with Gasteiger partial charge in [0.1, 0.15) is 0 Å². The maximum absolute atomic E-state index is 13.5. The smallest absolute Gasteiger partial charge is 0.210 e. The Morgan fingerprint density at radius 3 is 2.75 bits per heavy atom. The molecular weight excluding hydrogens is 350 g/mol. The molecule has 0 spiro atoms. The molecule has 0 amide bonds. The highest BCUT2D eigenvalue weighted by Crippen LogP contribution is 2.26. The van der Waals surface area contributed by atoms with Crippen molar-refractivity contribution in [3.05, 3.63) is 50.1 Å². The van der Waals surface area contributed by atoms with Crippen LogP contribution in [0.1, 0.15) is 21.5 Å². The van der Waals surface area contributed by atoms with Gasteiger partial charge in [0.15, 0.2) is 18.2 Å². The number of carbonyl (C=O) groups excluding carboxylic acids is 1. The highest BCUT2D eigenvalue weighted by molar-refractivity contribution is 9.10. The molecule has 20 heavy (non-hydrogen) atoms. The fourth-order valence-corrected chi connectivity index (χ4v) is 2.85. The van der Waals surface area contributed by atoms with E-state index in [9.17, 15) is 13.6 Å². The van der Waals surface area contributed by atoms with E-state index < -0.39 is 11.6 Å². The molecule has 0 aliphatic rings. The zero-order valence-corrected chi connectivity index (χ0v) is 13.0. The maximum Gasteiger partial charge on any atom is 0.210 e. The number of carbonyl (C=O) groups is 1. The Balaban J connectivity index is 2.07. The molecule has 2 rings (SSSR count). The summed E-state index contributed by atoms with van der Waals surface area (Å²) >= 11 is 4.42. The zero-order chi connectivity index (χ0) is 14.7. The Morgan fingerprint density at radius 2 is 2.10 bits per heavy atom. The predicted molar refractivity (Wildman–Crippen MR) is 77.6 cm³/mol. The minimum Gasteiger partial charge on any atom is -0.482 e. The third-order valence-corrected chi connectivity index (χ3v) is 4.33. The van der Waals surface area contributed by atoms with Gasteiger partial charge >= 0.3 is 0 Å². The molecule has 0 aliphatic carbocycles. The van der Waals surface area contributed by atoms with Crippen LogP contribution < -0.4 is 4.74 Å². The van der Waals surface area contributed by atoms with Crippen LogP contribution in [-0.4, -0.2) is 12.4 Å². The van der Waals surface area contributed by atoms with Crippen molar-refractivity contribution in [2.75, 3.05) is 6.61 Å². The summed E-state index contributed by atoms with van der Waals surface area (Å²) in [4.78, 5) is 13.5. The van der Waals surface area contributed by atoms with E-state index in [1.807, 2.05) is 13.0 Å². The van der Waals surface area contributed by atoms with Crippen LogP contribution in [0.2, 0.25) is 0 Å². The van der Waals surface area contributed by atoms with Gasteiger partial charge in [0, 0.05) is 9.35 Å². The summed E-state index contributed by atoms with van der Waals surface area (Å²) in [5, 5.41) is 0. The molecule has 2 nitrogen and oxygen atoms in total. The van der Waals surface area contributed by atoms with E-state index in [2.05, 4.69) is 15.9 Å². The number of ether oxygens (including phenoxy) is 1. The Kier molecular flexibility index (Phi) is 4.88. The average molecular weight is 361 g/mol. The molecule has 1 aromatic carbocycles. The SMILES string of the molecule is CCc1ccc(C(=O)COc2cc(Br)cc(F)c2F)s1. The van der Waals surface area contributed by atoms with Crippen molar-refractivity contribution in [1.29, 1.82) is 0 Å². The standard InChI is InChI=1S/C14H11BrF2O2S/c1-2-9-3-4-13(20-9)11(18)7-19-12-6-8(15)5-10(16)14(12)17/h3-6H,2,7H2,1H3. The first-order chi connectivity index (χ1) is 9.51. The van der Waals surface area contributed by atoms with Gasteiger partial charge in [-0.15, -0.1) is 11.3 Å². The molecule has 0 fully saturated rings. The van der Waals surface area contributed by atoms with Crippen LogP contribution in [0.4, 0.5) is 8.78 Å². The predicted octanol–water partition coefficient (Wildman–Crippen LogP) is 4.61. The molecule has 6 heteroatoms. The Bertz CT molecular complexity index is 640. The molecule has 0 saturated carbocycles. The van der Waals surface area contributed by atoms with Crippen LogP contribution in [0.3, 0.4) is 0 Å². The molecule has 106 valence electrons. The van der Waals surface area contributed by atoms with Gasteiger partial charge < -0.3 is 4.74 Å². The number of halogens is 3. The topological polar surface area (TPSA) is 26.3 Å². The first-order valence-electron chi connectivity index (χ1n) is 5.90. The first kappa shape index (κ1) is 15.1. The summed E-state index contributed by atoms with van der Waals surface area (Å²) in [5.41, 5.74) is 0. The van der Waals surface area contributed by atoms with Crippen molar-refractivity contribution >= 4 is 33.0 Å². The van der Waals surface area contributed by atoms with Gasteiger partial charge in [-0.1, -0.05) is 22.9 Å². The van der Waals surface area contributed by atoms with Crippen molar-refractivity contribution in [1.82, 2.24) is 0 Å². The number of ketones is 1. The largest absolute Gasteiger partial charge is 0.482 e. The second kappa shape index (κ2) is 6.45. The maximum atomic E-state index is 13.5. The fourth-order valence-electron chi connectivity index (χ4n) is 1.57. The van der Waals surface area contributed by atoms with Crippen LogP contribution in [0.25, 0.3) is 0 Å². The van der Waals surface area contributed by atoms with Gasteiger partial charge in [0.2, 0.25) is 11.6 Å². The summed E-state index contributed by atoms with van der Waals surface area (Å²) in [6, 6.07) is 5.87. The summed E-state index contributed by atoms with van der Waals surface area (Å²) in [6.45, 7) is 1.67. The Morgan fingerprint density at radius 1 is 1.35 bits per heavy atom. The lowest BCUT2D eigenvalue weighted by Crippen LogP contribution is -2.11. The van der Waals surface area contributed by atoms with E-state index in [1.165, 1.54) is 17.4 Å². The highest BCUT2D eigenvalue weighted by Gasteiger charge is 2.14. The normalized spacial score (nSPS) is 10.6. The lowest BCUT2D eigenvalue weighted by Gasteiger charge is -2.07. The van der Waals surface area contributed by atoms with Crippen LogP contribution in [0.5, 0.6) is 5.75 Å². The summed E-state index contributed by atoms with van der Waals surface area (Å²) in [5.74, 6) is -2.65. The third kappa shape index (κ3) is 3.43. The lowest BCUT2D eigenvalue weighted by molar-refractivity contribution is 0.0922. The number of thiophene rings is 1.